The summed E-state index contributed by atoms with van der Waals surface area (Å²) < 4.78 is 7.53. The quantitative estimate of drug-likeness (QED) is 0.671. The Balaban J connectivity index is 1.26. The molecule has 1 aromatic carbocycles. The fourth-order valence-corrected chi connectivity index (χ4v) is 3.73. The zero-order chi connectivity index (χ0) is 17.9. The van der Waals surface area contributed by atoms with E-state index in [1.54, 1.807) is 0 Å². The van der Waals surface area contributed by atoms with Gasteiger partial charge in [0.25, 0.3) is 5.91 Å². The van der Waals surface area contributed by atoms with Crippen molar-refractivity contribution in [2.24, 2.45) is 0 Å². The summed E-state index contributed by atoms with van der Waals surface area (Å²) in [7, 11) is 0. The molecule has 3 heterocycles. The van der Waals surface area contributed by atoms with Gasteiger partial charge in [0, 0.05) is 18.0 Å². The van der Waals surface area contributed by atoms with Gasteiger partial charge in [-0.25, -0.2) is 4.68 Å². The molecule has 0 aliphatic carbocycles. The molecule has 0 unspecified atom stereocenters. The van der Waals surface area contributed by atoms with Crippen molar-refractivity contribution in [2.75, 3.05) is 13.1 Å². The molecule has 0 saturated carbocycles. The van der Waals surface area contributed by atoms with Crippen LogP contribution in [0.25, 0.3) is 0 Å². The molecule has 7 heteroatoms. The number of aromatic nitrogens is 3. The predicted octanol–water partition coefficient (Wildman–Crippen LogP) is 3.06. The standard InChI is InChI=1S/C19H20N4O2S/c1-14-7-8-18(26-14)19(24)22-10-17(11-22)23-9-16(20-21-23)13-25-12-15-5-3-2-4-6-15/h2-9,17H,10-13H2,1H3. The van der Waals surface area contributed by atoms with E-state index in [-0.39, 0.29) is 11.9 Å². The lowest BCUT2D eigenvalue weighted by Gasteiger charge is -2.38. The molecule has 1 aliphatic rings. The summed E-state index contributed by atoms with van der Waals surface area (Å²) in [6.45, 7) is 4.34. The number of aryl methyl sites for hydroxylation is 1. The van der Waals surface area contributed by atoms with Crippen molar-refractivity contribution in [1.82, 2.24) is 19.9 Å². The first-order chi connectivity index (χ1) is 12.7. The van der Waals surface area contributed by atoms with E-state index >= 15 is 0 Å². The molecule has 1 aliphatic heterocycles. The first-order valence-corrected chi connectivity index (χ1v) is 9.39. The molecule has 134 valence electrons. The van der Waals surface area contributed by atoms with Crippen LogP contribution in [0.2, 0.25) is 0 Å². The van der Waals surface area contributed by atoms with E-state index in [0.717, 1.165) is 21.0 Å². The van der Waals surface area contributed by atoms with Gasteiger partial charge in [0.1, 0.15) is 5.69 Å². The molecule has 6 nitrogen and oxygen atoms in total. The summed E-state index contributed by atoms with van der Waals surface area (Å²) >= 11 is 1.54. The van der Waals surface area contributed by atoms with Crippen molar-refractivity contribution in [2.45, 2.75) is 26.2 Å². The van der Waals surface area contributed by atoms with E-state index in [9.17, 15) is 4.79 Å². The van der Waals surface area contributed by atoms with Crippen molar-refractivity contribution in [3.63, 3.8) is 0 Å². The van der Waals surface area contributed by atoms with Gasteiger partial charge in [-0.15, -0.1) is 16.4 Å². The monoisotopic (exact) mass is 368 g/mol. The number of ether oxygens (including phenoxy) is 1. The van der Waals surface area contributed by atoms with Crippen molar-refractivity contribution in [3.8, 4) is 0 Å². The van der Waals surface area contributed by atoms with E-state index in [1.807, 2.05) is 65.2 Å². The third kappa shape index (κ3) is 3.68. The van der Waals surface area contributed by atoms with Crippen LogP contribution in [-0.4, -0.2) is 38.9 Å². The Labute approximate surface area is 156 Å². The number of carbonyl (C=O) groups is 1. The number of thiophene rings is 1. The normalized spacial score (nSPS) is 14.4. The highest BCUT2D eigenvalue weighted by Crippen LogP contribution is 2.25. The molecule has 0 bridgehead atoms. The average Bonchev–Trinajstić information content (AvgIpc) is 3.24. The van der Waals surface area contributed by atoms with Gasteiger partial charge in [-0.1, -0.05) is 35.5 Å². The average molecular weight is 368 g/mol. The lowest BCUT2D eigenvalue weighted by Crippen LogP contribution is -2.50. The highest BCUT2D eigenvalue weighted by molar-refractivity contribution is 7.13. The van der Waals surface area contributed by atoms with Crippen LogP contribution in [-0.2, 0) is 18.0 Å². The molecule has 2 aromatic heterocycles. The number of amides is 1. The van der Waals surface area contributed by atoms with E-state index in [0.29, 0.717) is 26.3 Å². The van der Waals surface area contributed by atoms with Crippen LogP contribution in [0.15, 0.2) is 48.7 Å². The first-order valence-electron chi connectivity index (χ1n) is 8.57. The van der Waals surface area contributed by atoms with Crippen molar-refractivity contribution in [3.05, 3.63) is 69.7 Å². The van der Waals surface area contributed by atoms with Gasteiger partial charge in [-0.05, 0) is 24.6 Å². The van der Waals surface area contributed by atoms with Crippen molar-refractivity contribution in [1.29, 1.82) is 0 Å². The lowest BCUT2D eigenvalue weighted by molar-refractivity contribution is 0.0503. The summed E-state index contributed by atoms with van der Waals surface area (Å²) in [5, 5.41) is 8.35. The molecule has 4 rings (SSSR count). The summed E-state index contributed by atoms with van der Waals surface area (Å²) in [5.74, 6) is 0.103. The molecule has 1 saturated heterocycles. The second kappa shape index (κ2) is 7.39. The Morgan fingerprint density at radius 2 is 2.00 bits per heavy atom. The Morgan fingerprint density at radius 1 is 1.19 bits per heavy atom. The van der Waals surface area contributed by atoms with Gasteiger partial charge in [-0.3, -0.25) is 4.79 Å². The minimum Gasteiger partial charge on any atom is -0.370 e. The summed E-state index contributed by atoms with van der Waals surface area (Å²) in [6, 6.07) is 14.1. The smallest absolute Gasteiger partial charge is 0.264 e. The van der Waals surface area contributed by atoms with Crippen LogP contribution in [0.1, 0.15) is 31.8 Å². The van der Waals surface area contributed by atoms with E-state index < -0.39 is 0 Å². The van der Waals surface area contributed by atoms with Gasteiger partial charge in [0.15, 0.2) is 0 Å². The first kappa shape index (κ1) is 16.9. The van der Waals surface area contributed by atoms with E-state index in [1.165, 1.54) is 11.3 Å². The van der Waals surface area contributed by atoms with Crippen molar-refractivity contribution >= 4 is 17.2 Å². The van der Waals surface area contributed by atoms with Gasteiger partial charge in [0.2, 0.25) is 0 Å². The van der Waals surface area contributed by atoms with Gasteiger partial charge in [0.05, 0.1) is 30.3 Å². The molecular weight excluding hydrogens is 348 g/mol. The van der Waals surface area contributed by atoms with Gasteiger partial charge in [-0.2, -0.15) is 0 Å². The minimum atomic E-state index is 0.103. The highest BCUT2D eigenvalue weighted by atomic mass is 32.1. The van der Waals surface area contributed by atoms with E-state index in [4.69, 9.17) is 4.74 Å². The molecule has 3 aromatic rings. The van der Waals surface area contributed by atoms with Crippen LogP contribution in [0.3, 0.4) is 0 Å². The maximum absolute atomic E-state index is 12.4. The van der Waals surface area contributed by atoms with Crippen LogP contribution in [0, 0.1) is 6.92 Å². The summed E-state index contributed by atoms with van der Waals surface area (Å²) in [6.07, 6.45) is 1.91. The molecule has 0 radical (unpaired) electrons. The Kier molecular flexibility index (Phi) is 4.81. The van der Waals surface area contributed by atoms with Crippen molar-refractivity contribution < 1.29 is 9.53 Å². The number of benzene rings is 1. The molecule has 0 spiro atoms. The Hall–Kier alpha value is -2.51. The highest BCUT2D eigenvalue weighted by Gasteiger charge is 2.33. The minimum absolute atomic E-state index is 0.103. The third-order valence-corrected chi connectivity index (χ3v) is 5.38. The molecule has 0 N–H and O–H groups in total. The maximum atomic E-state index is 12.4. The third-order valence-electron chi connectivity index (χ3n) is 4.39. The zero-order valence-corrected chi connectivity index (χ0v) is 15.4. The van der Waals surface area contributed by atoms with Gasteiger partial charge >= 0.3 is 0 Å². The van der Waals surface area contributed by atoms with Gasteiger partial charge < -0.3 is 9.64 Å². The Morgan fingerprint density at radius 3 is 2.73 bits per heavy atom. The maximum Gasteiger partial charge on any atom is 0.264 e. The fraction of sp³-hybridized carbons (Fsp3) is 0.316. The number of likely N-dealkylation sites (tertiary alicyclic amines) is 1. The van der Waals surface area contributed by atoms with E-state index in [2.05, 4.69) is 10.3 Å². The fourth-order valence-electron chi connectivity index (χ4n) is 2.90. The predicted molar refractivity (Wildman–Crippen MR) is 99.0 cm³/mol. The zero-order valence-electron chi connectivity index (χ0n) is 14.5. The second-order valence-corrected chi connectivity index (χ2v) is 7.73. The lowest BCUT2D eigenvalue weighted by atomic mass is 10.1. The molecule has 1 amide bonds. The number of rotatable bonds is 6. The van der Waals surface area contributed by atoms with Crippen LogP contribution in [0.4, 0.5) is 0 Å². The number of hydrogen-bond acceptors (Lipinski definition) is 5. The summed E-state index contributed by atoms with van der Waals surface area (Å²) in [5.41, 5.74) is 1.94. The molecule has 0 atom stereocenters. The van der Waals surface area contributed by atoms with Crippen LogP contribution < -0.4 is 0 Å². The Bertz CT molecular complexity index is 884. The molecular formula is C19H20N4O2S. The number of hydrogen-bond donors (Lipinski definition) is 0. The number of carbonyl (C=O) groups excluding carboxylic acids is 1. The number of nitrogens with zero attached hydrogens (tertiary/aromatic N) is 4. The second-order valence-electron chi connectivity index (χ2n) is 6.44. The van der Waals surface area contributed by atoms with Crippen LogP contribution in [0.5, 0.6) is 0 Å². The largest absolute Gasteiger partial charge is 0.370 e. The molecule has 26 heavy (non-hydrogen) atoms. The SMILES string of the molecule is Cc1ccc(C(=O)N2CC(n3cc(COCc4ccccc4)nn3)C2)s1. The molecule has 1 fully saturated rings. The topological polar surface area (TPSA) is 60.2 Å². The van der Waals surface area contributed by atoms with Crippen LogP contribution >= 0.6 is 11.3 Å². The summed E-state index contributed by atoms with van der Waals surface area (Å²) in [4.78, 5) is 16.2.